The molecule has 4 rings (SSSR count). The summed E-state index contributed by atoms with van der Waals surface area (Å²) in [6.07, 6.45) is 2.61. The minimum Gasteiger partial charge on any atom is -0.375 e. The lowest BCUT2D eigenvalue weighted by atomic mass is 10.1. The molecular formula is C18H17N7OS. The number of carbonyl (C=O) groups is 1. The number of nitrogen functional groups attached to an aromatic ring is 1. The number of pyridine rings is 1. The molecule has 3 heterocycles. The van der Waals surface area contributed by atoms with E-state index in [-0.39, 0.29) is 5.91 Å². The first kappa shape index (κ1) is 17.1. The van der Waals surface area contributed by atoms with E-state index in [1.807, 2.05) is 41.9 Å². The maximum absolute atomic E-state index is 11.2. The van der Waals surface area contributed by atoms with E-state index >= 15 is 0 Å². The van der Waals surface area contributed by atoms with Crippen LogP contribution in [0.2, 0.25) is 0 Å². The van der Waals surface area contributed by atoms with Crippen molar-refractivity contribution >= 4 is 39.0 Å². The molecule has 4 aromatic rings. The number of fused-ring (bicyclic) bond motifs is 1. The Morgan fingerprint density at radius 2 is 2.11 bits per heavy atom. The van der Waals surface area contributed by atoms with Gasteiger partial charge in [0, 0.05) is 36.3 Å². The molecule has 1 aromatic carbocycles. The van der Waals surface area contributed by atoms with Gasteiger partial charge in [-0.15, -0.1) is 16.4 Å². The Hall–Kier alpha value is -3.33. The molecule has 0 fully saturated rings. The fourth-order valence-electron chi connectivity index (χ4n) is 2.74. The number of rotatable bonds is 5. The molecule has 0 radical (unpaired) electrons. The van der Waals surface area contributed by atoms with Crippen molar-refractivity contribution in [3.05, 3.63) is 47.6 Å². The number of hydrogen-bond donors (Lipinski definition) is 2. The number of thiazole rings is 1. The standard InChI is InChI=1S/C18H17N7OS/c1-11(26)20-13-3-5-15-12(8-13)2-4-16(22-15)17-9-25(24-23-17)7-6-14-10-27-18(19)21-14/h2-5,8-10H,6-7H2,1H3,(H2,19,21)(H,20,26). The lowest BCUT2D eigenvalue weighted by Crippen LogP contribution is -2.05. The molecular weight excluding hydrogens is 362 g/mol. The van der Waals surface area contributed by atoms with Crippen molar-refractivity contribution < 1.29 is 4.79 Å². The van der Waals surface area contributed by atoms with Gasteiger partial charge in [-0.3, -0.25) is 9.48 Å². The Morgan fingerprint density at radius 3 is 2.89 bits per heavy atom. The summed E-state index contributed by atoms with van der Waals surface area (Å²) in [6.45, 7) is 2.15. The maximum atomic E-state index is 11.2. The summed E-state index contributed by atoms with van der Waals surface area (Å²) in [5, 5.41) is 14.6. The van der Waals surface area contributed by atoms with Gasteiger partial charge in [-0.1, -0.05) is 11.3 Å². The fourth-order valence-corrected chi connectivity index (χ4v) is 3.34. The third kappa shape index (κ3) is 3.93. The Kier molecular flexibility index (Phi) is 4.51. The number of aromatic nitrogens is 5. The molecule has 3 N–H and O–H groups in total. The Labute approximate surface area is 159 Å². The van der Waals surface area contributed by atoms with E-state index in [9.17, 15) is 4.79 Å². The number of nitrogens with one attached hydrogen (secondary N) is 1. The summed E-state index contributed by atoms with van der Waals surface area (Å²) in [7, 11) is 0. The van der Waals surface area contributed by atoms with Crippen LogP contribution in [0.3, 0.4) is 0 Å². The molecule has 9 heteroatoms. The minimum atomic E-state index is -0.101. The number of nitrogens with zero attached hydrogens (tertiary/aromatic N) is 5. The van der Waals surface area contributed by atoms with E-state index in [0.717, 1.165) is 34.4 Å². The zero-order valence-corrected chi connectivity index (χ0v) is 15.4. The highest BCUT2D eigenvalue weighted by molar-refractivity contribution is 7.13. The third-order valence-corrected chi connectivity index (χ3v) is 4.70. The van der Waals surface area contributed by atoms with Gasteiger partial charge in [0.2, 0.25) is 5.91 Å². The molecule has 0 unspecified atom stereocenters. The van der Waals surface area contributed by atoms with Gasteiger partial charge >= 0.3 is 0 Å². The Balaban J connectivity index is 1.51. The smallest absolute Gasteiger partial charge is 0.221 e. The second-order valence-corrected chi connectivity index (χ2v) is 6.97. The quantitative estimate of drug-likeness (QED) is 0.551. The third-order valence-electron chi connectivity index (χ3n) is 3.98. The molecule has 1 amide bonds. The second-order valence-electron chi connectivity index (χ2n) is 6.08. The summed E-state index contributed by atoms with van der Waals surface area (Å²) in [5.41, 5.74) is 9.64. The SMILES string of the molecule is CC(=O)Nc1ccc2nc(-c3cn(CCc4csc(N)n4)nn3)ccc2c1. The summed E-state index contributed by atoms with van der Waals surface area (Å²) in [6, 6.07) is 9.46. The van der Waals surface area contributed by atoms with Crippen molar-refractivity contribution in [3.63, 3.8) is 0 Å². The predicted octanol–water partition coefficient (Wildman–Crippen LogP) is 2.73. The molecule has 0 saturated heterocycles. The van der Waals surface area contributed by atoms with Gasteiger partial charge in [-0.05, 0) is 24.3 Å². The lowest BCUT2D eigenvalue weighted by Gasteiger charge is -2.04. The summed E-state index contributed by atoms with van der Waals surface area (Å²) < 4.78 is 1.77. The molecule has 0 bridgehead atoms. The van der Waals surface area contributed by atoms with Crippen LogP contribution in [0.25, 0.3) is 22.3 Å². The second kappa shape index (κ2) is 7.12. The molecule has 136 valence electrons. The molecule has 0 spiro atoms. The highest BCUT2D eigenvalue weighted by Gasteiger charge is 2.08. The normalized spacial score (nSPS) is 11.0. The van der Waals surface area contributed by atoms with Crippen molar-refractivity contribution in [3.8, 4) is 11.4 Å². The van der Waals surface area contributed by atoms with Crippen molar-refractivity contribution in [1.29, 1.82) is 0 Å². The molecule has 0 aliphatic heterocycles. The van der Waals surface area contributed by atoms with Crippen LogP contribution in [0.4, 0.5) is 10.8 Å². The van der Waals surface area contributed by atoms with Gasteiger partial charge in [0.15, 0.2) is 5.13 Å². The minimum absolute atomic E-state index is 0.101. The van der Waals surface area contributed by atoms with E-state index in [0.29, 0.717) is 17.4 Å². The highest BCUT2D eigenvalue weighted by atomic mass is 32.1. The van der Waals surface area contributed by atoms with E-state index < -0.39 is 0 Å². The fraction of sp³-hybridized carbons (Fsp3) is 0.167. The van der Waals surface area contributed by atoms with E-state index in [4.69, 9.17) is 5.73 Å². The van der Waals surface area contributed by atoms with Crippen molar-refractivity contribution in [1.82, 2.24) is 25.0 Å². The summed E-state index contributed by atoms with van der Waals surface area (Å²) in [5.74, 6) is -0.101. The van der Waals surface area contributed by atoms with Crippen LogP contribution in [-0.4, -0.2) is 30.9 Å². The zero-order valence-electron chi connectivity index (χ0n) is 14.6. The zero-order chi connectivity index (χ0) is 18.8. The predicted molar refractivity (Wildman–Crippen MR) is 105 cm³/mol. The number of nitrogens with two attached hydrogens (primary N) is 1. The lowest BCUT2D eigenvalue weighted by molar-refractivity contribution is -0.114. The monoisotopic (exact) mass is 379 g/mol. The van der Waals surface area contributed by atoms with Crippen LogP contribution >= 0.6 is 11.3 Å². The van der Waals surface area contributed by atoms with Crippen LogP contribution in [0.1, 0.15) is 12.6 Å². The van der Waals surface area contributed by atoms with Gasteiger partial charge in [-0.2, -0.15) is 0 Å². The number of carbonyl (C=O) groups excluding carboxylic acids is 1. The molecule has 8 nitrogen and oxygen atoms in total. The van der Waals surface area contributed by atoms with Crippen LogP contribution in [0.15, 0.2) is 41.9 Å². The van der Waals surface area contributed by atoms with Crippen molar-refractivity contribution in [2.75, 3.05) is 11.1 Å². The van der Waals surface area contributed by atoms with Crippen molar-refractivity contribution in [2.24, 2.45) is 0 Å². The van der Waals surface area contributed by atoms with Crippen LogP contribution in [0.5, 0.6) is 0 Å². The van der Waals surface area contributed by atoms with Crippen LogP contribution in [-0.2, 0) is 17.8 Å². The maximum Gasteiger partial charge on any atom is 0.221 e. The first-order valence-corrected chi connectivity index (χ1v) is 9.23. The number of benzene rings is 1. The number of amides is 1. The highest BCUT2D eigenvalue weighted by Crippen LogP contribution is 2.22. The number of anilines is 2. The Bertz CT molecular complexity index is 1120. The van der Waals surface area contributed by atoms with Gasteiger partial charge in [0.1, 0.15) is 5.69 Å². The summed E-state index contributed by atoms with van der Waals surface area (Å²) >= 11 is 1.44. The van der Waals surface area contributed by atoms with Gasteiger partial charge in [0.05, 0.1) is 23.1 Å². The average molecular weight is 379 g/mol. The van der Waals surface area contributed by atoms with Crippen LogP contribution in [0, 0.1) is 0 Å². The molecule has 0 aliphatic rings. The molecule has 0 aliphatic carbocycles. The first-order chi connectivity index (χ1) is 13.1. The van der Waals surface area contributed by atoms with E-state index in [2.05, 4.69) is 25.6 Å². The van der Waals surface area contributed by atoms with Gasteiger partial charge < -0.3 is 11.1 Å². The van der Waals surface area contributed by atoms with E-state index in [1.165, 1.54) is 18.3 Å². The first-order valence-electron chi connectivity index (χ1n) is 8.35. The van der Waals surface area contributed by atoms with Gasteiger partial charge in [0.25, 0.3) is 0 Å². The summed E-state index contributed by atoms with van der Waals surface area (Å²) in [4.78, 5) is 20.1. The average Bonchev–Trinajstić information content (AvgIpc) is 3.28. The number of hydrogen-bond acceptors (Lipinski definition) is 7. The van der Waals surface area contributed by atoms with E-state index in [1.54, 1.807) is 4.68 Å². The van der Waals surface area contributed by atoms with Crippen LogP contribution < -0.4 is 11.1 Å². The largest absolute Gasteiger partial charge is 0.375 e. The topological polar surface area (TPSA) is 112 Å². The molecule has 27 heavy (non-hydrogen) atoms. The Morgan fingerprint density at radius 1 is 1.22 bits per heavy atom. The number of aryl methyl sites for hydroxylation is 2. The molecule has 0 atom stereocenters. The molecule has 3 aromatic heterocycles. The molecule has 0 saturated carbocycles. The van der Waals surface area contributed by atoms with Gasteiger partial charge in [-0.25, -0.2) is 9.97 Å². The van der Waals surface area contributed by atoms with Crippen molar-refractivity contribution in [2.45, 2.75) is 19.9 Å².